The molecule has 2 N–H and O–H groups in total. The summed E-state index contributed by atoms with van der Waals surface area (Å²) in [6.45, 7) is 5.44. The summed E-state index contributed by atoms with van der Waals surface area (Å²) in [6.07, 6.45) is 0.889. The molecule has 0 saturated carbocycles. The Hall–Kier alpha value is -4.59. The maximum absolute atomic E-state index is 12.0. The average molecular weight is 471 g/mol. The van der Waals surface area contributed by atoms with Crippen LogP contribution in [0.1, 0.15) is 20.8 Å². The quantitative estimate of drug-likeness (QED) is 0.296. The van der Waals surface area contributed by atoms with Crippen LogP contribution in [0.25, 0.3) is 0 Å². The van der Waals surface area contributed by atoms with Crippen LogP contribution in [-0.2, 0) is 4.74 Å². The van der Waals surface area contributed by atoms with E-state index in [2.05, 4.69) is 20.6 Å². The number of rotatable bonds is 7. The summed E-state index contributed by atoms with van der Waals surface area (Å²) in [6, 6.07) is 25.7. The van der Waals surface area contributed by atoms with Crippen molar-refractivity contribution in [3.05, 3.63) is 91.3 Å². The van der Waals surface area contributed by atoms with E-state index in [0.717, 1.165) is 11.4 Å². The molecule has 1 aromatic heterocycles. The second-order valence-electron chi connectivity index (χ2n) is 8.56. The number of hydrogen-bond donors (Lipinski definition) is 2. The van der Waals surface area contributed by atoms with Crippen molar-refractivity contribution in [2.75, 3.05) is 10.6 Å². The lowest BCUT2D eigenvalue weighted by Crippen LogP contribution is -2.27. The highest BCUT2D eigenvalue weighted by molar-refractivity contribution is 5.85. The molecule has 0 fully saturated rings. The van der Waals surface area contributed by atoms with E-state index in [1.165, 1.54) is 6.33 Å². The average Bonchev–Trinajstić information content (AvgIpc) is 2.80. The third-order valence-corrected chi connectivity index (χ3v) is 4.45. The summed E-state index contributed by atoms with van der Waals surface area (Å²) in [4.78, 5) is 20.5. The molecule has 3 aromatic carbocycles. The molecule has 0 aliphatic carbocycles. The largest absolute Gasteiger partial charge is 0.457 e. The van der Waals surface area contributed by atoms with E-state index in [1.807, 2.05) is 75.4 Å². The van der Waals surface area contributed by atoms with Crippen molar-refractivity contribution in [2.45, 2.75) is 26.4 Å². The number of benzene rings is 3. The van der Waals surface area contributed by atoms with Gasteiger partial charge in [0.1, 0.15) is 35.0 Å². The van der Waals surface area contributed by atoms with Gasteiger partial charge in [-0.15, -0.1) is 0 Å². The maximum Gasteiger partial charge on any atom is 0.412 e. The van der Waals surface area contributed by atoms with E-state index in [0.29, 0.717) is 28.9 Å². The van der Waals surface area contributed by atoms with Crippen molar-refractivity contribution in [2.24, 2.45) is 0 Å². The number of carbonyl (C=O) groups excluding carboxylic acids is 1. The molecular formula is C27H26N4O4. The zero-order chi connectivity index (χ0) is 24.7. The fourth-order valence-corrected chi connectivity index (χ4v) is 3.03. The lowest BCUT2D eigenvalue weighted by molar-refractivity contribution is 0.0636. The number of nitrogens with one attached hydrogen (secondary N) is 2. The number of aromatic nitrogens is 2. The van der Waals surface area contributed by atoms with Crippen LogP contribution < -0.4 is 20.1 Å². The first-order valence-corrected chi connectivity index (χ1v) is 11.0. The molecule has 1 amide bonds. The van der Waals surface area contributed by atoms with Gasteiger partial charge in [-0.3, -0.25) is 5.32 Å². The standard InChI is InChI=1S/C27H26N4O4/c1-27(2,3)35-26(32)31-20-9-7-8-19(16-20)30-24-17-25(29-18-28-24)34-23-14-12-22(13-15-23)33-21-10-5-4-6-11-21/h4-18H,1-3H3,(H,31,32)(H,28,29,30). The molecule has 178 valence electrons. The minimum absolute atomic E-state index is 0.377. The normalized spacial score (nSPS) is 10.8. The van der Waals surface area contributed by atoms with Gasteiger partial charge in [-0.25, -0.2) is 14.8 Å². The van der Waals surface area contributed by atoms with Gasteiger partial charge < -0.3 is 19.5 Å². The first-order chi connectivity index (χ1) is 16.8. The van der Waals surface area contributed by atoms with Crippen LogP contribution >= 0.6 is 0 Å². The topological polar surface area (TPSA) is 94.6 Å². The Labute approximate surface area is 203 Å². The summed E-state index contributed by atoms with van der Waals surface area (Å²) in [7, 11) is 0. The first kappa shape index (κ1) is 23.6. The lowest BCUT2D eigenvalue weighted by Gasteiger charge is -2.19. The van der Waals surface area contributed by atoms with E-state index in [9.17, 15) is 4.79 Å². The van der Waals surface area contributed by atoms with Crippen LogP contribution in [0, 0.1) is 0 Å². The Balaban J connectivity index is 1.37. The van der Waals surface area contributed by atoms with Gasteiger partial charge in [0.15, 0.2) is 0 Å². The van der Waals surface area contributed by atoms with Crippen molar-refractivity contribution >= 4 is 23.3 Å². The smallest absolute Gasteiger partial charge is 0.412 e. The van der Waals surface area contributed by atoms with Crippen LogP contribution in [0.15, 0.2) is 91.3 Å². The second-order valence-corrected chi connectivity index (χ2v) is 8.56. The van der Waals surface area contributed by atoms with Gasteiger partial charge >= 0.3 is 6.09 Å². The van der Waals surface area contributed by atoms with Crippen LogP contribution in [0.3, 0.4) is 0 Å². The third kappa shape index (κ3) is 7.46. The number of para-hydroxylation sites is 1. The SMILES string of the molecule is CC(C)(C)OC(=O)Nc1cccc(Nc2cc(Oc3ccc(Oc4ccccc4)cc3)ncn2)c1. The number of hydrogen-bond acceptors (Lipinski definition) is 7. The highest BCUT2D eigenvalue weighted by atomic mass is 16.6. The molecule has 8 nitrogen and oxygen atoms in total. The predicted octanol–water partition coefficient (Wildman–Crippen LogP) is 7.15. The lowest BCUT2D eigenvalue weighted by atomic mass is 10.2. The van der Waals surface area contributed by atoms with Gasteiger partial charge in [0.25, 0.3) is 0 Å². The molecule has 0 atom stereocenters. The summed E-state index contributed by atoms with van der Waals surface area (Å²) < 4.78 is 17.0. The van der Waals surface area contributed by atoms with Crippen molar-refractivity contribution in [1.82, 2.24) is 9.97 Å². The number of anilines is 3. The zero-order valence-corrected chi connectivity index (χ0v) is 19.7. The van der Waals surface area contributed by atoms with E-state index in [1.54, 1.807) is 30.3 Å². The van der Waals surface area contributed by atoms with Crippen molar-refractivity contribution in [3.8, 4) is 23.1 Å². The molecule has 0 spiro atoms. The van der Waals surface area contributed by atoms with E-state index >= 15 is 0 Å². The molecule has 1 heterocycles. The fourth-order valence-electron chi connectivity index (χ4n) is 3.03. The molecule has 0 unspecified atom stereocenters. The number of nitrogens with zero attached hydrogens (tertiary/aromatic N) is 2. The van der Waals surface area contributed by atoms with Gasteiger partial charge in [-0.05, 0) is 75.4 Å². The van der Waals surface area contributed by atoms with Crippen molar-refractivity contribution < 1.29 is 19.0 Å². The van der Waals surface area contributed by atoms with Crippen LogP contribution in [0.4, 0.5) is 22.0 Å². The Bertz CT molecular complexity index is 1270. The summed E-state index contributed by atoms with van der Waals surface area (Å²) in [5, 5.41) is 5.90. The highest BCUT2D eigenvalue weighted by Crippen LogP contribution is 2.27. The Morgan fingerprint density at radius 3 is 2.11 bits per heavy atom. The maximum atomic E-state index is 12.0. The minimum Gasteiger partial charge on any atom is -0.457 e. The molecular weight excluding hydrogens is 444 g/mol. The highest BCUT2D eigenvalue weighted by Gasteiger charge is 2.16. The van der Waals surface area contributed by atoms with Crippen molar-refractivity contribution in [1.29, 1.82) is 0 Å². The Morgan fingerprint density at radius 2 is 1.40 bits per heavy atom. The van der Waals surface area contributed by atoms with E-state index < -0.39 is 11.7 Å². The van der Waals surface area contributed by atoms with Crippen LogP contribution in [-0.4, -0.2) is 21.7 Å². The summed E-state index contributed by atoms with van der Waals surface area (Å²) in [5.74, 6) is 2.99. The molecule has 0 saturated heterocycles. The Kier molecular flexibility index (Phi) is 7.11. The minimum atomic E-state index is -0.577. The van der Waals surface area contributed by atoms with E-state index in [4.69, 9.17) is 14.2 Å². The van der Waals surface area contributed by atoms with Crippen LogP contribution in [0.5, 0.6) is 23.1 Å². The second kappa shape index (κ2) is 10.6. The Morgan fingerprint density at radius 1 is 0.743 bits per heavy atom. The molecule has 4 aromatic rings. The van der Waals surface area contributed by atoms with Gasteiger partial charge in [-0.1, -0.05) is 24.3 Å². The molecule has 8 heteroatoms. The monoisotopic (exact) mass is 470 g/mol. The molecule has 0 aliphatic rings. The fraction of sp³-hybridized carbons (Fsp3) is 0.148. The van der Waals surface area contributed by atoms with Crippen molar-refractivity contribution in [3.63, 3.8) is 0 Å². The summed E-state index contributed by atoms with van der Waals surface area (Å²) in [5.41, 5.74) is 0.741. The van der Waals surface area contributed by atoms with Gasteiger partial charge in [-0.2, -0.15) is 0 Å². The van der Waals surface area contributed by atoms with Gasteiger partial charge in [0.2, 0.25) is 5.88 Å². The first-order valence-electron chi connectivity index (χ1n) is 11.0. The van der Waals surface area contributed by atoms with Gasteiger partial charge in [0, 0.05) is 17.4 Å². The van der Waals surface area contributed by atoms with Gasteiger partial charge in [0.05, 0.1) is 0 Å². The molecule has 0 radical (unpaired) electrons. The molecule has 35 heavy (non-hydrogen) atoms. The third-order valence-electron chi connectivity index (χ3n) is 4.45. The van der Waals surface area contributed by atoms with E-state index in [-0.39, 0.29) is 0 Å². The summed E-state index contributed by atoms with van der Waals surface area (Å²) >= 11 is 0. The van der Waals surface area contributed by atoms with Crippen LogP contribution in [0.2, 0.25) is 0 Å². The zero-order valence-electron chi connectivity index (χ0n) is 19.7. The number of ether oxygens (including phenoxy) is 3. The predicted molar refractivity (Wildman–Crippen MR) is 135 cm³/mol. The number of carbonyl (C=O) groups is 1. The number of amides is 1. The molecule has 0 bridgehead atoms. The molecule has 4 rings (SSSR count). The molecule has 0 aliphatic heterocycles.